The number of hydrogen-bond donors (Lipinski definition) is 4. The van der Waals surface area contributed by atoms with Crippen LogP contribution >= 0.6 is 39.5 Å². The molecule has 0 unspecified atom stereocenters. The summed E-state index contributed by atoms with van der Waals surface area (Å²) in [6.45, 7) is 4.92. The van der Waals surface area contributed by atoms with E-state index in [1.807, 2.05) is 18.6 Å². The third-order valence-corrected chi connectivity index (χ3v) is 4.71. The van der Waals surface area contributed by atoms with E-state index in [4.69, 9.17) is 14.8 Å². The molecular formula is C25H29Br2N4O3P. The fraction of sp³-hybridized carbons (Fsp3) is 0.200. The second-order valence-electron chi connectivity index (χ2n) is 7.58. The zero-order chi connectivity index (χ0) is 26.2. The summed E-state index contributed by atoms with van der Waals surface area (Å²) in [7, 11) is -3.64. The van der Waals surface area contributed by atoms with Crippen LogP contribution in [0, 0.1) is 13.8 Å². The number of imidazole rings is 2. The molecule has 0 aliphatic heterocycles. The quantitative estimate of drug-likeness (QED) is 0.123. The van der Waals surface area contributed by atoms with Gasteiger partial charge < -0.3 is 19.8 Å². The zero-order valence-corrected chi connectivity index (χ0v) is 24.2. The summed E-state index contributed by atoms with van der Waals surface area (Å²) in [6, 6.07) is 21.1. The molecule has 0 radical (unpaired) electrons. The van der Waals surface area contributed by atoms with E-state index in [1.165, 1.54) is 5.56 Å². The van der Waals surface area contributed by atoms with Crippen molar-refractivity contribution in [3.8, 4) is 22.5 Å². The zero-order valence-electron chi connectivity index (χ0n) is 20.2. The van der Waals surface area contributed by atoms with Gasteiger partial charge in [0.15, 0.2) is 0 Å². The molecule has 2 aromatic heterocycles. The summed E-state index contributed by atoms with van der Waals surface area (Å²) in [5, 5.41) is 0. The molecule has 0 spiro atoms. The fourth-order valence-corrected chi connectivity index (χ4v) is 3.44. The summed E-state index contributed by atoms with van der Waals surface area (Å²) in [5.74, 6) is 5.46. The van der Waals surface area contributed by atoms with Crippen LogP contribution in [-0.2, 0) is 4.57 Å². The number of aryl methyl sites for hydroxylation is 2. The SMILES string of the molecule is CBr.CBr.CP(=O)(O)O.Cc1cccc(-c2nc3ccc(-c4ccc5nc(C)[nH]c5c4)cc3[nH]2)c1. The van der Waals surface area contributed by atoms with Crippen molar-refractivity contribution >= 4 is 61.5 Å². The van der Waals surface area contributed by atoms with Crippen molar-refractivity contribution in [3.63, 3.8) is 0 Å². The molecule has 5 rings (SSSR count). The van der Waals surface area contributed by atoms with Crippen LogP contribution in [0.5, 0.6) is 0 Å². The number of H-pyrrole nitrogens is 2. The van der Waals surface area contributed by atoms with E-state index < -0.39 is 7.60 Å². The lowest BCUT2D eigenvalue weighted by molar-refractivity contribution is 0.381. The standard InChI is InChI=1S/C22H18N4.2CH3Br.CH5O3P/c1-13-4-3-5-17(10-13)22-25-19-9-7-16(12-21(19)26-22)15-6-8-18-20(11-15)24-14(2)23-18;2*1-2;1-5(2,3)4/h3-12H,1-2H3,(H,23,24)(H,25,26);2*1H3;1H3,(H2,2,3,4). The van der Waals surface area contributed by atoms with E-state index in [2.05, 4.69) is 114 Å². The van der Waals surface area contributed by atoms with Crippen LogP contribution in [0.3, 0.4) is 0 Å². The first-order valence-corrected chi connectivity index (χ1v) is 15.7. The van der Waals surface area contributed by atoms with E-state index in [9.17, 15) is 4.57 Å². The third kappa shape index (κ3) is 8.40. The number of fused-ring (bicyclic) bond motifs is 2. The van der Waals surface area contributed by atoms with Crippen LogP contribution < -0.4 is 0 Å². The maximum absolute atomic E-state index is 9.33. The third-order valence-electron chi connectivity index (χ3n) is 4.71. The number of rotatable bonds is 2. The van der Waals surface area contributed by atoms with Crippen LogP contribution in [-0.4, -0.2) is 48.1 Å². The molecule has 5 aromatic rings. The molecule has 7 nitrogen and oxygen atoms in total. The second-order valence-corrected chi connectivity index (χ2v) is 9.25. The van der Waals surface area contributed by atoms with Gasteiger partial charge in [-0.2, -0.15) is 0 Å². The van der Waals surface area contributed by atoms with E-state index in [1.54, 1.807) is 0 Å². The van der Waals surface area contributed by atoms with Crippen LogP contribution in [0.2, 0.25) is 0 Å². The molecule has 0 amide bonds. The summed E-state index contributed by atoms with van der Waals surface area (Å²) in [4.78, 5) is 31.2. The Morgan fingerprint density at radius 2 is 1.26 bits per heavy atom. The lowest BCUT2D eigenvalue weighted by Gasteiger charge is -2.01. The van der Waals surface area contributed by atoms with Crippen molar-refractivity contribution in [1.29, 1.82) is 0 Å². The number of nitrogens with zero attached hydrogens (tertiary/aromatic N) is 2. The first kappa shape index (κ1) is 28.9. The predicted octanol–water partition coefficient (Wildman–Crippen LogP) is 7.21. The average molecular weight is 624 g/mol. The minimum Gasteiger partial charge on any atom is -0.342 e. The van der Waals surface area contributed by atoms with Gasteiger partial charge >= 0.3 is 7.60 Å². The number of hydrogen-bond acceptors (Lipinski definition) is 3. The Kier molecular flexibility index (Phi) is 10.9. The number of halogens is 2. The molecule has 3 aromatic carbocycles. The molecule has 0 aliphatic rings. The summed E-state index contributed by atoms with van der Waals surface area (Å²) in [6.07, 6.45) is 0. The van der Waals surface area contributed by atoms with Crippen LogP contribution in [0.1, 0.15) is 11.4 Å². The highest BCUT2D eigenvalue weighted by Gasteiger charge is 2.08. The lowest BCUT2D eigenvalue weighted by atomic mass is 10.0. The molecule has 0 atom stereocenters. The normalized spacial score (nSPS) is 10.5. The van der Waals surface area contributed by atoms with E-state index in [0.29, 0.717) is 0 Å². The lowest BCUT2D eigenvalue weighted by Crippen LogP contribution is -1.81. The number of aromatic nitrogens is 4. The molecule has 0 saturated carbocycles. The first-order valence-electron chi connectivity index (χ1n) is 10.5. The van der Waals surface area contributed by atoms with E-state index in [-0.39, 0.29) is 0 Å². The Hall–Kier alpha value is -2.29. The van der Waals surface area contributed by atoms with Crippen molar-refractivity contribution in [2.75, 3.05) is 18.3 Å². The highest BCUT2D eigenvalue weighted by molar-refractivity contribution is 9.09. The number of nitrogens with one attached hydrogen (secondary N) is 2. The van der Waals surface area contributed by atoms with Gasteiger partial charge in [-0.3, -0.25) is 4.57 Å². The maximum Gasteiger partial charge on any atom is 0.322 e. The van der Waals surface area contributed by atoms with Gasteiger partial charge in [-0.25, -0.2) is 9.97 Å². The van der Waals surface area contributed by atoms with Gasteiger partial charge in [-0.15, -0.1) is 0 Å². The highest BCUT2D eigenvalue weighted by Crippen LogP contribution is 2.28. The van der Waals surface area contributed by atoms with Crippen LogP contribution in [0.4, 0.5) is 0 Å². The monoisotopic (exact) mass is 622 g/mol. The van der Waals surface area contributed by atoms with Gasteiger partial charge in [0, 0.05) is 12.2 Å². The first-order chi connectivity index (χ1) is 16.7. The number of alkyl halides is 2. The smallest absolute Gasteiger partial charge is 0.322 e. The van der Waals surface area contributed by atoms with Gasteiger partial charge in [0.05, 0.1) is 22.1 Å². The number of benzene rings is 3. The van der Waals surface area contributed by atoms with Crippen LogP contribution in [0.15, 0.2) is 60.7 Å². The summed E-state index contributed by atoms with van der Waals surface area (Å²) < 4.78 is 9.33. The Labute approximate surface area is 221 Å². The van der Waals surface area contributed by atoms with Gasteiger partial charge in [0.1, 0.15) is 11.6 Å². The molecule has 0 bridgehead atoms. The van der Waals surface area contributed by atoms with Crippen molar-refractivity contribution in [1.82, 2.24) is 19.9 Å². The molecule has 0 fully saturated rings. The van der Waals surface area contributed by atoms with Crippen LogP contribution in [0.25, 0.3) is 44.6 Å². The van der Waals surface area contributed by atoms with Crippen molar-refractivity contribution in [3.05, 3.63) is 72.1 Å². The largest absolute Gasteiger partial charge is 0.342 e. The average Bonchev–Trinajstić information content (AvgIpc) is 3.42. The molecule has 0 aliphatic carbocycles. The molecule has 10 heteroatoms. The molecule has 186 valence electrons. The highest BCUT2D eigenvalue weighted by atomic mass is 79.9. The Balaban J connectivity index is 0.000000423. The van der Waals surface area contributed by atoms with Gasteiger partial charge in [-0.1, -0.05) is 67.8 Å². The van der Waals surface area contributed by atoms with Gasteiger partial charge in [0.25, 0.3) is 0 Å². The van der Waals surface area contributed by atoms with Crippen molar-refractivity contribution in [2.45, 2.75) is 13.8 Å². The second kappa shape index (κ2) is 13.1. The van der Waals surface area contributed by atoms with Crippen molar-refractivity contribution < 1.29 is 14.4 Å². The minimum absolute atomic E-state index is 0.854. The maximum atomic E-state index is 9.33. The molecule has 0 saturated heterocycles. The summed E-state index contributed by atoms with van der Waals surface area (Å²) >= 11 is 5.88. The Bertz CT molecular complexity index is 1440. The van der Waals surface area contributed by atoms with Crippen molar-refractivity contribution in [2.24, 2.45) is 0 Å². The number of aromatic amines is 2. The molecular weight excluding hydrogens is 595 g/mol. The Morgan fingerprint density at radius 3 is 1.80 bits per heavy atom. The Morgan fingerprint density at radius 1 is 0.743 bits per heavy atom. The topological polar surface area (TPSA) is 115 Å². The fourth-order valence-electron chi connectivity index (χ4n) is 3.44. The van der Waals surface area contributed by atoms with Gasteiger partial charge in [-0.05, 0) is 67.0 Å². The summed E-state index contributed by atoms with van der Waals surface area (Å²) in [5.41, 5.74) is 8.73. The van der Waals surface area contributed by atoms with E-state index in [0.717, 1.165) is 57.1 Å². The molecule has 4 N–H and O–H groups in total. The molecule has 2 heterocycles. The predicted molar refractivity (Wildman–Crippen MR) is 154 cm³/mol. The van der Waals surface area contributed by atoms with E-state index >= 15 is 0 Å². The minimum atomic E-state index is -3.64. The van der Waals surface area contributed by atoms with Gasteiger partial charge in [0.2, 0.25) is 0 Å². The molecule has 35 heavy (non-hydrogen) atoms.